The Bertz CT molecular complexity index is 1270. The SMILES string of the molecule is CN(C)c1ccc(O)c2c1C[C@@H]1C[C@@H]3[C@@H](N(C)C)C(=O)C(C(=O)NC(C)(C)C)=C(O)[C@]3(O)C(=O)C1=C2O. The molecule has 1 saturated carbocycles. The molecule has 10 heteroatoms. The van der Waals surface area contributed by atoms with Gasteiger partial charge in [0, 0.05) is 36.8 Å². The summed E-state index contributed by atoms with van der Waals surface area (Å²) in [5, 5.41) is 47.6. The molecule has 4 atom stereocenters. The number of carbonyl (C=O) groups is 3. The first-order valence-corrected chi connectivity index (χ1v) is 12.2. The average molecular weight is 514 g/mol. The predicted molar refractivity (Wildman–Crippen MR) is 137 cm³/mol. The number of hydrogen-bond acceptors (Lipinski definition) is 9. The van der Waals surface area contributed by atoms with Crippen LogP contribution in [-0.2, 0) is 20.8 Å². The Morgan fingerprint density at radius 1 is 1.08 bits per heavy atom. The zero-order valence-corrected chi connectivity index (χ0v) is 22.2. The van der Waals surface area contributed by atoms with Gasteiger partial charge in [0.15, 0.2) is 11.4 Å². The number of anilines is 1. The second kappa shape index (κ2) is 8.59. The number of aliphatic hydroxyl groups excluding tert-OH is 2. The fourth-order valence-corrected chi connectivity index (χ4v) is 6.03. The molecular weight excluding hydrogens is 478 g/mol. The smallest absolute Gasteiger partial charge is 0.258 e. The van der Waals surface area contributed by atoms with Crippen molar-refractivity contribution in [3.05, 3.63) is 40.2 Å². The third-order valence-electron chi connectivity index (χ3n) is 7.53. The fourth-order valence-electron chi connectivity index (χ4n) is 6.03. The molecule has 4 rings (SSSR count). The van der Waals surface area contributed by atoms with Gasteiger partial charge in [0.05, 0.1) is 11.6 Å². The molecule has 3 aliphatic rings. The van der Waals surface area contributed by atoms with E-state index in [2.05, 4.69) is 5.32 Å². The van der Waals surface area contributed by atoms with Crippen LogP contribution in [-0.4, -0.2) is 88.2 Å². The molecule has 37 heavy (non-hydrogen) atoms. The molecule has 5 N–H and O–H groups in total. The van der Waals surface area contributed by atoms with E-state index in [1.54, 1.807) is 40.9 Å². The van der Waals surface area contributed by atoms with Crippen LogP contribution in [0.2, 0.25) is 0 Å². The largest absolute Gasteiger partial charge is 0.508 e. The first-order chi connectivity index (χ1) is 17.0. The zero-order valence-electron chi connectivity index (χ0n) is 22.2. The first kappa shape index (κ1) is 26.7. The lowest BCUT2D eigenvalue weighted by Gasteiger charge is -2.50. The van der Waals surface area contributed by atoms with Gasteiger partial charge in [-0.25, -0.2) is 0 Å². The van der Waals surface area contributed by atoms with E-state index >= 15 is 0 Å². The van der Waals surface area contributed by atoms with Crippen LogP contribution < -0.4 is 10.2 Å². The molecule has 0 radical (unpaired) electrons. The predicted octanol–water partition coefficient (Wildman–Crippen LogP) is 1.46. The third kappa shape index (κ3) is 3.90. The number of carbonyl (C=O) groups excluding carboxylic acids is 3. The summed E-state index contributed by atoms with van der Waals surface area (Å²) in [7, 11) is 6.86. The molecular formula is C27H35N3O7. The van der Waals surface area contributed by atoms with E-state index in [1.165, 1.54) is 11.0 Å². The van der Waals surface area contributed by atoms with Gasteiger partial charge in [0.25, 0.3) is 5.91 Å². The van der Waals surface area contributed by atoms with Crippen molar-refractivity contribution < 1.29 is 34.8 Å². The number of ketones is 2. The van der Waals surface area contributed by atoms with Crippen molar-refractivity contribution in [2.45, 2.75) is 50.8 Å². The van der Waals surface area contributed by atoms with Crippen molar-refractivity contribution in [2.24, 2.45) is 11.8 Å². The lowest BCUT2D eigenvalue weighted by atomic mass is 9.57. The van der Waals surface area contributed by atoms with Crippen molar-refractivity contribution in [1.82, 2.24) is 10.2 Å². The van der Waals surface area contributed by atoms with Crippen LogP contribution in [0.15, 0.2) is 29.0 Å². The van der Waals surface area contributed by atoms with E-state index in [0.717, 1.165) is 5.69 Å². The number of fused-ring (bicyclic) bond motifs is 3. The number of aliphatic hydroxyl groups is 3. The van der Waals surface area contributed by atoms with Gasteiger partial charge in [-0.3, -0.25) is 19.3 Å². The van der Waals surface area contributed by atoms with E-state index in [0.29, 0.717) is 5.56 Å². The van der Waals surface area contributed by atoms with Crippen LogP contribution >= 0.6 is 0 Å². The summed E-state index contributed by atoms with van der Waals surface area (Å²) in [5.41, 5.74) is -2.69. The summed E-state index contributed by atoms with van der Waals surface area (Å²) in [6, 6.07) is 2.06. The quantitative estimate of drug-likeness (QED) is 0.379. The van der Waals surface area contributed by atoms with Crippen LogP contribution in [0.25, 0.3) is 5.76 Å². The Labute approximate surface area is 215 Å². The van der Waals surface area contributed by atoms with Gasteiger partial charge in [0.2, 0.25) is 5.78 Å². The van der Waals surface area contributed by atoms with Crippen molar-refractivity contribution in [3.8, 4) is 5.75 Å². The normalized spacial score (nSPS) is 27.6. The second-order valence-corrected chi connectivity index (χ2v) is 11.7. The number of nitrogens with one attached hydrogen (secondary N) is 1. The van der Waals surface area contributed by atoms with E-state index in [9.17, 15) is 34.8 Å². The number of hydrogen-bond donors (Lipinski definition) is 5. The standard InChI is InChI=1S/C27H35N3O7/c1-26(2,3)28-25(36)19-22(33)20(30(6)7)14-11-12-10-13-15(29(4)5)8-9-16(31)18(13)21(32)17(12)23(34)27(14,37)24(19)35/h8-9,12,14,20,31-32,35,37H,10-11H2,1-7H3,(H,28,36)/t12-,14-,20-,27-/m1/s1. The van der Waals surface area contributed by atoms with Crippen LogP contribution in [0, 0.1) is 11.8 Å². The summed E-state index contributed by atoms with van der Waals surface area (Å²) in [4.78, 5) is 44.0. The maximum Gasteiger partial charge on any atom is 0.258 e. The summed E-state index contributed by atoms with van der Waals surface area (Å²) in [6.07, 6.45) is 0.349. The third-order valence-corrected chi connectivity index (χ3v) is 7.53. The van der Waals surface area contributed by atoms with Gasteiger partial charge in [0.1, 0.15) is 22.8 Å². The van der Waals surface area contributed by atoms with Crippen LogP contribution in [0.4, 0.5) is 5.69 Å². The fraction of sp³-hybridized carbons (Fsp3) is 0.519. The number of phenolic OH excluding ortho intramolecular Hbond substituents is 1. The summed E-state index contributed by atoms with van der Waals surface area (Å²) >= 11 is 0. The maximum atomic E-state index is 14.0. The molecule has 0 aliphatic heterocycles. The Hall–Kier alpha value is -3.37. The summed E-state index contributed by atoms with van der Waals surface area (Å²) in [5.74, 6) is -5.93. The van der Waals surface area contributed by atoms with E-state index in [4.69, 9.17) is 0 Å². The van der Waals surface area contributed by atoms with Gasteiger partial charge in [-0.05, 0) is 71.3 Å². The number of Topliss-reactive ketones (excluding diaryl/α,β-unsaturated/α-hetero) is 2. The number of aromatic hydroxyl groups is 1. The Balaban J connectivity index is 1.96. The Morgan fingerprint density at radius 2 is 1.70 bits per heavy atom. The highest BCUT2D eigenvalue weighted by Gasteiger charge is 2.64. The highest BCUT2D eigenvalue weighted by molar-refractivity contribution is 6.25. The van der Waals surface area contributed by atoms with Gasteiger partial charge >= 0.3 is 0 Å². The highest BCUT2D eigenvalue weighted by Crippen LogP contribution is 2.53. The molecule has 0 bridgehead atoms. The van der Waals surface area contributed by atoms with Crippen molar-refractivity contribution in [2.75, 3.05) is 33.1 Å². The molecule has 0 heterocycles. The maximum absolute atomic E-state index is 14.0. The Kier molecular flexibility index (Phi) is 6.20. The molecule has 1 aromatic carbocycles. The van der Waals surface area contributed by atoms with E-state index < -0.39 is 63.6 Å². The molecule has 1 aromatic rings. The number of nitrogens with zero attached hydrogens (tertiary/aromatic N) is 2. The molecule has 0 aromatic heterocycles. The number of amides is 1. The monoisotopic (exact) mass is 513 g/mol. The zero-order chi connectivity index (χ0) is 27.8. The minimum Gasteiger partial charge on any atom is -0.508 e. The first-order valence-electron chi connectivity index (χ1n) is 12.2. The number of rotatable bonds is 3. The van der Waals surface area contributed by atoms with Gasteiger partial charge in [-0.1, -0.05) is 0 Å². The number of benzene rings is 1. The molecule has 10 nitrogen and oxygen atoms in total. The van der Waals surface area contributed by atoms with Crippen molar-refractivity contribution in [3.63, 3.8) is 0 Å². The lowest BCUT2D eigenvalue weighted by Crippen LogP contribution is -2.66. The minimum absolute atomic E-state index is 0.0798. The molecule has 1 fully saturated rings. The summed E-state index contributed by atoms with van der Waals surface area (Å²) in [6.45, 7) is 5.09. The number of likely N-dealkylation sites (N-methyl/N-ethyl adjacent to an activating group) is 1. The molecule has 0 unspecified atom stereocenters. The van der Waals surface area contributed by atoms with Crippen molar-refractivity contribution in [1.29, 1.82) is 0 Å². The van der Waals surface area contributed by atoms with Gasteiger partial charge in [-0.15, -0.1) is 0 Å². The summed E-state index contributed by atoms with van der Waals surface area (Å²) < 4.78 is 0. The lowest BCUT2D eigenvalue weighted by molar-refractivity contribution is -0.153. The van der Waals surface area contributed by atoms with Gasteiger partial charge in [-0.2, -0.15) is 0 Å². The average Bonchev–Trinajstić information content (AvgIpc) is 2.74. The Morgan fingerprint density at radius 3 is 2.24 bits per heavy atom. The topological polar surface area (TPSA) is 151 Å². The molecule has 200 valence electrons. The van der Waals surface area contributed by atoms with E-state index in [-0.39, 0.29) is 29.7 Å². The molecule has 0 spiro atoms. The van der Waals surface area contributed by atoms with E-state index in [1.807, 2.05) is 19.0 Å². The number of phenols is 1. The van der Waals surface area contributed by atoms with Crippen molar-refractivity contribution >= 4 is 28.9 Å². The van der Waals surface area contributed by atoms with Crippen LogP contribution in [0.5, 0.6) is 5.75 Å². The second-order valence-electron chi connectivity index (χ2n) is 11.7. The highest BCUT2D eigenvalue weighted by atomic mass is 16.3. The molecule has 0 saturated heterocycles. The van der Waals surface area contributed by atoms with Crippen LogP contribution in [0.3, 0.4) is 0 Å². The molecule has 3 aliphatic carbocycles. The van der Waals surface area contributed by atoms with Gasteiger partial charge < -0.3 is 30.6 Å². The minimum atomic E-state index is -2.61. The van der Waals surface area contributed by atoms with Crippen LogP contribution in [0.1, 0.15) is 38.3 Å². The molecule has 1 amide bonds.